The molecule has 1 fully saturated rings. The van der Waals surface area contributed by atoms with Crippen molar-refractivity contribution in [1.29, 1.82) is 0 Å². The van der Waals surface area contributed by atoms with E-state index < -0.39 is 83.2 Å². The standard InChI is InChI=1S/C18H38O2Si3.C16H38O5Si4.C10H20O2Si.C10H14Si.C9H18O3Si.C8H16O2Si.CH4/c1-19-21(2,3)12-13-23(6,7)20-22(4,5)11-10-18-15-16-8-9-17(18)14-16;1-15(2)16(17)18-13-12-14-25(19-22(3,4)5,20-23(6,7)8)21-24(9,10)11;1-9(2)10(11)12-7-6-8-13(3,4)5;1-2-9-3-5-10(6-4-9)7-8-11;1-8(2)9(10)11-6-7-12-13(3,4)5;1-7(2)8(9)10-6-11(3,4)5;/h8-9,16-18H,10-15H2,1-7H3;1,12-14H2,2-11H3;1,6-8H2,2-5H3;2-6H,1,7-8H2,11H3;1,6-7H2,2-5H3;1,6H2,2-5H3;1H4. The second kappa shape index (κ2) is 47.1. The van der Waals surface area contributed by atoms with Crippen molar-refractivity contribution in [2.24, 2.45) is 17.8 Å². The predicted molar refractivity (Wildman–Crippen MR) is 447 cm³/mol. The molecule has 2 bridgehead atoms. The maximum atomic E-state index is 11.6. The van der Waals surface area contributed by atoms with E-state index in [1.807, 2.05) is 13.2 Å². The zero-order valence-corrected chi connectivity index (χ0v) is 79.0. The number of allylic oxidation sites excluding steroid dienone is 2. The molecule has 0 aromatic heterocycles. The van der Waals surface area contributed by atoms with Crippen molar-refractivity contribution in [3.05, 3.63) is 103 Å². The molecule has 2 aliphatic carbocycles. The van der Waals surface area contributed by atoms with Crippen LogP contribution in [0.2, 0.25) is 193 Å². The van der Waals surface area contributed by atoms with E-state index in [1.54, 1.807) is 27.7 Å². The Morgan fingerprint density at radius 2 is 0.887 bits per heavy atom. The highest BCUT2D eigenvalue weighted by Crippen LogP contribution is 2.46. The predicted octanol–water partition coefficient (Wildman–Crippen LogP) is 19.9. The molecule has 3 unspecified atom stereocenters. The molecule has 0 spiro atoms. The molecular weight excluding hydrogens is 1400 g/mol. The molecular formula is C72H148O14Si11. The number of carbonyl (C=O) groups excluding carboxylic acids is 4. The molecule has 564 valence electrons. The monoisotopic (exact) mass is 1540 g/mol. The lowest BCUT2D eigenvalue weighted by Crippen LogP contribution is -2.60. The van der Waals surface area contributed by atoms with Gasteiger partial charge in [-0.25, -0.2) is 19.2 Å². The first-order valence-corrected chi connectivity index (χ1v) is 68.8. The number of carbonyl (C=O) groups is 4. The van der Waals surface area contributed by atoms with Crippen molar-refractivity contribution in [3.8, 4) is 0 Å². The maximum Gasteiger partial charge on any atom is 0.469 e. The molecule has 2 aliphatic rings. The Morgan fingerprint density at radius 3 is 1.23 bits per heavy atom. The summed E-state index contributed by atoms with van der Waals surface area (Å²) in [5.74, 6) is 1.51. The van der Waals surface area contributed by atoms with Crippen molar-refractivity contribution >= 4 is 123 Å². The third kappa shape index (κ3) is 58.8. The van der Waals surface area contributed by atoms with Crippen molar-refractivity contribution in [2.45, 2.75) is 267 Å². The SMILES string of the molecule is C.C=C(C)C(=O)OCCC[Si](C)(C)C.C=C(C)C(=O)OCCC[Si](O[Si](C)(C)C)(O[Si](C)(C)C)O[Si](C)(C)C.C=C(C)C(=O)OCCO[Si](C)(C)C.C=C(C)C(=O)OC[Si](C)(C)C.C=Cc1ccc(CC[SiH3])cc1.CO[Si](C)(C)CC[Si](C)(C)O[Si](C)(C)CCC1CC2C=CC1C2. The van der Waals surface area contributed by atoms with Crippen molar-refractivity contribution in [2.75, 3.05) is 39.8 Å². The summed E-state index contributed by atoms with van der Waals surface area (Å²) < 4.78 is 57.8. The Balaban J connectivity index is -0.000000552. The first kappa shape index (κ1) is 101. The third-order valence-corrected chi connectivity index (χ3v) is 41.1. The molecule has 1 aromatic carbocycles. The molecule has 14 nitrogen and oxygen atoms in total. The van der Waals surface area contributed by atoms with Crippen molar-refractivity contribution < 1.29 is 63.4 Å². The number of esters is 4. The number of hydrogen-bond acceptors (Lipinski definition) is 14. The second-order valence-electron chi connectivity index (χ2n) is 34.1. The molecule has 0 N–H and O–H groups in total. The van der Waals surface area contributed by atoms with Gasteiger partial charge >= 0.3 is 32.7 Å². The van der Waals surface area contributed by atoms with Gasteiger partial charge in [0.25, 0.3) is 0 Å². The highest BCUT2D eigenvalue weighted by atomic mass is 28.5. The molecule has 0 amide bonds. The molecule has 3 atom stereocenters. The van der Waals surface area contributed by atoms with Crippen LogP contribution >= 0.6 is 0 Å². The van der Waals surface area contributed by atoms with Gasteiger partial charge in [0.15, 0.2) is 58.2 Å². The second-order valence-corrected chi connectivity index (χ2v) is 80.9. The minimum atomic E-state index is -2.83. The number of ether oxygens (including phenoxy) is 4. The van der Waals surface area contributed by atoms with E-state index in [4.69, 9.17) is 44.3 Å². The summed E-state index contributed by atoms with van der Waals surface area (Å²) in [6, 6.07) is 15.7. The number of fused-ring (bicyclic) bond motifs is 2. The zero-order valence-electron chi connectivity index (χ0n) is 67.0. The van der Waals surface area contributed by atoms with Crippen LogP contribution in [0.3, 0.4) is 0 Å². The van der Waals surface area contributed by atoms with Gasteiger partial charge in [-0.2, -0.15) is 0 Å². The summed E-state index contributed by atoms with van der Waals surface area (Å²) in [7, 11) is -13.4. The van der Waals surface area contributed by atoms with E-state index >= 15 is 0 Å². The molecule has 1 saturated carbocycles. The fourth-order valence-corrected chi connectivity index (χ4v) is 40.1. The topological polar surface area (TPSA) is 161 Å². The van der Waals surface area contributed by atoms with Crippen molar-refractivity contribution in [1.82, 2.24) is 0 Å². The summed E-state index contributed by atoms with van der Waals surface area (Å²) in [5, 5.41) is 0. The first-order valence-electron chi connectivity index (χ1n) is 35.0. The van der Waals surface area contributed by atoms with Crippen LogP contribution in [0.5, 0.6) is 0 Å². The summed E-state index contributed by atoms with van der Waals surface area (Å²) >= 11 is 0. The van der Waals surface area contributed by atoms with E-state index in [2.05, 4.69) is 226 Å². The molecule has 25 heteroatoms. The molecule has 0 saturated heterocycles. The van der Waals surface area contributed by atoms with Crippen molar-refractivity contribution in [3.63, 3.8) is 0 Å². The fourth-order valence-electron chi connectivity index (χ4n) is 9.52. The minimum absolute atomic E-state index is 0. The first-order chi connectivity index (χ1) is 43.3. The fraction of sp³-hybridized carbons (Fsp3) is 0.694. The molecule has 0 radical (unpaired) electrons. The molecule has 0 heterocycles. The van der Waals surface area contributed by atoms with Gasteiger partial charge in [-0.15, -0.1) is 0 Å². The Labute approximate surface area is 609 Å². The van der Waals surface area contributed by atoms with Crippen LogP contribution in [0.25, 0.3) is 6.08 Å². The van der Waals surface area contributed by atoms with Crippen LogP contribution in [0.15, 0.2) is 91.6 Å². The normalized spacial score (nSPS) is 15.5. The van der Waals surface area contributed by atoms with E-state index in [-0.39, 0.29) is 31.3 Å². The average Bonchev–Trinajstić information content (AvgIpc) is 1.40. The van der Waals surface area contributed by atoms with Crippen LogP contribution in [-0.2, 0) is 69.9 Å². The summed E-state index contributed by atoms with van der Waals surface area (Å²) in [4.78, 5) is 44.3. The van der Waals surface area contributed by atoms with E-state index in [1.165, 1.54) is 77.3 Å². The van der Waals surface area contributed by atoms with Gasteiger partial charge in [0.05, 0.1) is 34.1 Å². The highest BCUT2D eigenvalue weighted by Gasteiger charge is 2.50. The number of rotatable bonds is 36. The van der Waals surface area contributed by atoms with Gasteiger partial charge < -0.3 is 44.3 Å². The quantitative estimate of drug-likeness (QED) is 0.0156. The highest BCUT2D eigenvalue weighted by molar-refractivity contribution is 6.90. The number of hydrogen-bond donors (Lipinski definition) is 0. The van der Waals surface area contributed by atoms with Gasteiger partial charge in [0, 0.05) is 53.8 Å². The van der Waals surface area contributed by atoms with Gasteiger partial charge in [-0.05, 0) is 225 Å². The van der Waals surface area contributed by atoms with Crippen LogP contribution < -0.4 is 0 Å². The molecule has 0 aliphatic heterocycles. The molecule has 1 aromatic rings. The largest absolute Gasteiger partial charge is 0.469 e. The summed E-state index contributed by atoms with van der Waals surface area (Å²) in [6.45, 7) is 79.6. The van der Waals surface area contributed by atoms with Crippen LogP contribution in [-0.4, -0.2) is 157 Å². The average molecular weight is 1550 g/mol. The van der Waals surface area contributed by atoms with E-state index in [9.17, 15) is 19.2 Å². The zero-order chi connectivity index (χ0) is 75.5. The summed E-state index contributed by atoms with van der Waals surface area (Å²) in [5.41, 5.74) is 4.45. The van der Waals surface area contributed by atoms with Gasteiger partial charge in [0.2, 0.25) is 0 Å². The van der Waals surface area contributed by atoms with Gasteiger partial charge in [-0.3, -0.25) is 0 Å². The lowest BCUT2D eigenvalue weighted by atomic mass is 9.91. The van der Waals surface area contributed by atoms with Crippen LogP contribution in [0.1, 0.15) is 78.4 Å². The van der Waals surface area contributed by atoms with Gasteiger partial charge in [0.1, 0.15) is 6.61 Å². The Kier molecular flexibility index (Phi) is 49.1. The van der Waals surface area contributed by atoms with Crippen LogP contribution in [0, 0.1) is 17.8 Å². The van der Waals surface area contributed by atoms with Crippen LogP contribution in [0.4, 0.5) is 0 Å². The lowest BCUT2D eigenvalue weighted by Gasteiger charge is -2.42. The Bertz CT molecular complexity index is 2460. The van der Waals surface area contributed by atoms with Gasteiger partial charge in [-0.1, -0.05) is 141 Å². The van der Waals surface area contributed by atoms with E-state index in [0.717, 1.165) is 24.2 Å². The maximum absolute atomic E-state index is 11.6. The molecule has 3 rings (SSSR count). The smallest absolute Gasteiger partial charge is 0.466 e. The third-order valence-electron chi connectivity index (χ3n) is 14.2. The summed E-state index contributed by atoms with van der Waals surface area (Å²) in [6.07, 6.45) is 14.6. The Hall–Kier alpha value is -2.31. The minimum Gasteiger partial charge on any atom is -0.466 e. The van der Waals surface area contributed by atoms with E-state index in [0.29, 0.717) is 67.4 Å². The number of aryl methyl sites for hydroxylation is 1. The molecule has 97 heavy (non-hydrogen) atoms. The number of benzene rings is 1. The lowest BCUT2D eigenvalue weighted by molar-refractivity contribution is -0.140. The Morgan fingerprint density at radius 1 is 0.485 bits per heavy atom.